The molecular weight excluding hydrogens is 188 g/mol. The fraction of sp³-hybridized carbons (Fsp3) is 0.917. The largest absolute Gasteiger partial charge is 0.340 e. The normalized spacial score (nSPS) is 23.7. The van der Waals surface area contributed by atoms with E-state index in [1.807, 2.05) is 4.90 Å². The summed E-state index contributed by atoms with van der Waals surface area (Å²) >= 11 is 0. The second-order valence-corrected chi connectivity index (χ2v) is 4.65. The number of hydrogen-bond donors (Lipinski definition) is 0. The molecule has 1 heterocycles. The van der Waals surface area contributed by atoms with E-state index in [4.69, 9.17) is 0 Å². The molecule has 0 atom stereocenters. The zero-order chi connectivity index (χ0) is 10.2. The van der Waals surface area contributed by atoms with Gasteiger partial charge < -0.3 is 4.90 Å². The highest BCUT2D eigenvalue weighted by Gasteiger charge is 2.50. The summed E-state index contributed by atoms with van der Waals surface area (Å²) in [6.07, 6.45) is 3.80. The molecule has 3 heteroatoms. The van der Waals surface area contributed by atoms with Crippen LogP contribution < -0.4 is 0 Å². The molecule has 2 aliphatic rings. The third kappa shape index (κ3) is 2.33. The summed E-state index contributed by atoms with van der Waals surface area (Å²) in [5, 5.41) is 0. The quantitative estimate of drug-likeness (QED) is 0.696. The summed E-state index contributed by atoms with van der Waals surface area (Å²) in [5.41, 5.74) is 0.389. The maximum absolute atomic E-state index is 11.3. The van der Waals surface area contributed by atoms with Crippen LogP contribution >= 0.6 is 0 Å². The van der Waals surface area contributed by atoms with Crippen LogP contribution in [0, 0.1) is 0 Å². The van der Waals surface area contributed by atoms with Gasteiger partial charge in [0.2, 0.25) is 5.91 Å². The molecule has 1 aliphatic carbocycles. The lowest BCUT2D eigenvalue weighted by Crippen LogP contribution is -2.56. The Morgan fingerprint density at radius 3 is 2.47 bits per heavy atom. The smallest absolute Gasteiger partial charge is 0.219 e. The third-order valence-corrected chi connectivity index (χ3v) is 3.56. The van der Waals surface area contributed by atoms with Gasteiger partial charge in [-0.3, -0.25) is 9.69 Å². The van der Waals surface area contributed by atoms with Crippen molar-refractivity contribution in [2.24, 2.45) is 0 Å². The fourth-order valence-electron chi connectivity index (χ4n) is 2.52. The molecule has 0 bridgehead atoms. The van der Waals surface area contributed by atoms with Crippen molar-refractivity contribution in [3.8, 4) is 0 Å². The van der Waals surface area contributed by atoms with Crippen molar-refractivity contribution < 1.29 is 4.79 Å². The molecule has 1 saturated carbocycles. The molecule has 15 heavy (non-hydrogen) atoms. The van der Waals surface area contributed by atoms with E-state index in [1.54, 1.807) is 6.92 Å². The molecule has 0 aromatic rings. The Bertz CT molecular complexity index is 236. The number of piperazine rings is 1. The number of carbonyl (C=O) groups is 1. The SMILES string of the molecule is C.CCCN1CCN(C(C)=O)CC12CC2. The van der Waals surface area contributed by atoms with Gasteiger partial charge in [-0.15, -0.1) is 0 Å². The molecule has 0 N–H and O–H groups in total. The minimum absolute atomic E-state index is 0. The Hall–Kier alpha value is -0.570. The molecule has 1 spiro atoms. The Morgan fingerprint density at radius 2 is 2.00 bits per heavy atom. The molecule has 2 rings (SSSR count). The lowest BCUT2D eigenvalue weighted by Gasteiger charge is -2.41. The van der Waals surface area contributed by atoms with Crippen LogP contribution in [0.15, 0.2) is 0 Å². The Morgan fingerprint density at radius 1 is 1.33 bits per heavy atom. The highest BCUT2D eigenvalue weighted by Crippen LogP contribution is 2.44. The van der Waals surface area contributed by atoms with Gasteiger partial charge in [0.05, 0.1) is 0 Å². The first kappa shape index (κ1) is 12.5. The van der Waals surface area contributed by atoms with E-state index in [0.29, 0.717) is 5.54 Å². The first-order valence-corrected chi connectivity index (χ1v) is 5.68. The van der Waals surface area contributed by atoms with E-state index in [0.717, 1.165) is 19.6 Å². The molecule has 0 aromatic carbocycles. The van der Waals surface area contributed by atoms with E-state index in [1.165, 1.54) is 25.8 Å². The number of amides is 1. The molecular formula is C12H24N2O. The van der Waals surface area contributed by atoms with Gasteiger partial charge in [0.25, 0.3) is 0 Å². The van der Waals surface area contributed by atoms with Gasteiger partial charge >= 0.3 is 0 Å². The van der Waals surface area contributed by atoms with E-state index >= 15 is 0 Å². The molecule has 2 fully saturated rings. The summed E-state index contributed by atoms with van der Waals surface area (Å²) in [5.74, 6) is 0.243. The van der Waals surface area contributed by atoms with Gasteiger partial charge in [-0.1, -0.05) is 14.4 Å². The second-order valence-electron chi connectivity index (χ2n) is 4.65. The minimum atomic E-state index is 0. The van der Waals surface area contributed by atoms with Crippen LogP contribution in [0.2, 0.25) is 0 Å². The average Bonchev–Trinajstić information content (AvgIpc) is 2.90. The van der Waals surface area contributed by atoms with E-state index in [2.05, 4.69) is 11.8 Å². The van der Waals surface area contributed by atoms with Gasteiger partial charge in [0, 0.05) is 32.1 Å². The predicted octanol–water partition coefficient (Wildman–Crippen LogP) is 1.73. The monoisotopic (exact) mass is 212 g/mol. The number of carbonyl (C=O) groups excluding carboxylic acids is 1. The molecule has 0 unspecified atom stereocenters. The van der Waals surface area contributed by atoms with Gasteiger partial charge in [0.15, 0.2) is 0 Å². The molecule has 3 nitrogen and oxygen atoms in total. The van der Waals surface area contributed by atoms with Crippen LogP contribution in [0.25, 0.3) is 0 Å². The highest BCUT2D eigenvalue weighted by molar-refractivity contribution is 5.73. The first-order chi connectivity index (χ1) is 6.68. The summed E-state index contributed by atoms with van der Waals surface area (Å²) in [7, 11) is 0. The van der Waals surface area contributed by atoms with E-state index < -0.39 is 0 Å². The topological polar surface area (TPSA) is 23.6 Å². The Kier molecular flexibility index (Phi) is 3.77. The van der Waals surface area contributed by atoms with Gasteiger partial charge in [-0.05, 0) is 25.8 Å². The number of rotatable bonds is 2. The number of hydrogen-bond acceptors (Lipinski definition) is 2. The van der Waals surface area contributed by atoms with E-state index in [9.17, 15) is 4.79 Å². The van der Waals surface area contributed by atoms with Crippen molar-refractivity contribution in [2.75, 3.05) is 26.2 Å². The number of nitrogens with zero attached hydrogens (tertiary/aromatic N) is 2. The van der Waals surface area contributed by atoms with Crippen molar-refractivity contribution in [1.82, 2.24) is 9.80 Å². The molecule has 1 amide bonds. The van der Waals surface area contributed by atoms with E-state index in [-0.39, 0.29) is 13.3 Å². The summed E-state index contributed by atoms with van der Waals surface area (Å²) in [6.45, 7) is 8.09. The molecule has 0 radical (unpaired) electrons. The Balaban J connectivity index is 0.00000112. The molecule has 88 valence electrons. The van der Waals surface area contributed by atoms with Gasteiger partial charge in [0.1, 0.15) is 0 Å². The second kappa shape index (κ2) is 4.52. The fourth-order valence-corrected chi connectivity index (χ4v) is 2.52. The maximum Gasteiger partial charge on any atom is 0.219 e. The van der Waals surface area contributed by atoms with Crippen molar-refractivity contribution in [3.63, 3.8) is 0 Å². The van der Waals surface area contributed by atoms with Crippen molar-refractivity contribution in [3.05, 3.63) is 0 Å². The minimum Gasteiger partial charge on any atom is -0.340 e. The first-order valence-electron chi connectivity index (χ1n) is 5.68. The zero-order valence-electron chi connectivity index (χ0n) is 9.25. The lowest BCUT2D eigenvalue weighted by atomic mass is 10.1. The maximum atomic E-state index is 11.3. The van der Waals surface area contributed by atoms with Crippen molar-refractivity contribution in [2.45, 2.75) is 46.1 Å². The van der Waals surface area contributed by atoms with Crippen LogP contribution in [-0.4, -0.2) is 47.4 Å². The van der Waals surface area contributed by atoms with Crippen molar-refractivity contribution in [1.29, 1.82) is 0 Å². The zero-order valence-corrected chi connectivity index (χ0v) is 9.25. The standard InChI is InChI=1S/C11H20N2O.CH4/c1-3-6-13-8-7-12(10(2)14)9-11(13)4-5-11;/h3-9H2,1-2H3;1H4. The van der Waals surface area contributed by atoms with Crippen molar-refractivity contribution >= 4 is 5.91 Å². The predicted molar refractivity (Wildman–Crippen MR) is 62.8 cm³/mol. The third-order valence-electron chi connectivity index (χ3n) is 3.56. The molecule has 1 saturated heterocycles. The van der Waals surface area contributed by atoms with Crippen LogP contribution in [0.4, 0.5) is 0 Å². The van der Waals surface area contributed by atoms with Crippen LogP contribution in [0.5, 0.6) is 0 Å². The van der Waals surface area contributed by atoms with Crippen LogP contribution in [0.3, 0.4) is 0 Å². The summed E-state index contributed by atoms with van der Waals surface area (Å²) in [4.78, 5) is 15.9. The lowest BCUT2D eigenvalue weighted by molar-refractivity contribution is -0.132. The van der Waals surface area contributed by atoms with Gasteiger partial charge in [-0.2, -0.15) is 0 Å². The van der Waals surface area contributed by atoms with Crippen LogP contribution in [0.1, 0.15) is 40.5 Å². The molecule has 1 aliphatic heterocycles. The highest BCUT2D eigenvalue weighted by atomic mass is 16.2. The van der Waals surface area contributed by atoms with Gasteiger partial charge in [-0.25, -0.2) is 0 Å². The Labute approximate surface area is 93.4 Å². The van der Waals surface area contributed by atoms with Crippen LogP contribution in [-0.2, 0) is 4.79 Å². The summed E-state index contributed by atoms with van der Waals surface area (Å²) < 4.78 is 0. The average molecular weight is 212 g/mol. The molecule has 0 aromatic heterocycles. The summed E-state index contributed by atoms with van der Waals surface area (Å²) in [6, 6.07) is 0.